The molecule has 2 amide bonds. The van der Waals surface area contributed by atoms with Crippen molar-refractivity contribution in [2.24, 2.45) is 0 Å². The van der Waals surface area contributed by atoms with E-state index >= 15 is 4.39 Å². The average Bonchev–Trinajstić information content (AvgIpc) is 3.41. The molecule has 0 aromatic heterocycles. The zero-order chi connectivity index (χ0) is 25.7. The summed E-state index contributed by atoms with van der Waals surface area (Å²) in [5.41, 5.74) is 1.13. The predicted octanol–water partition coefficient (Wildman–Crippen LogP) is 5.12. The molecule has 1 atom stereocenters. The van der Waals surface area contributed by atoms with Crippen molar-refractivity contribution >= 4 is 23.7 Å². The number of hydrogen-bond acceptors (Lipinski definition) is 6. The summed E-state index contributed by atoms with van der Waals surface area (Å²) >= 11 is 0. The number of hydroxylamine groups is 1. The number of rotatable bonds is 6. The number of esters is 1. The molecule has 1 unspecified atom stereocenters. The van der Waals surface area contributed by atoms with Gasteiger partial charge in [0.25, 0.3) is 5.91 Å². The number of carbonyl (C=O) groups is 3. The smallest absolute Gasteiger partial charge is 0.410 e. The van der Waals surface area contributed by atoms with Gasteiger partial charge in [-0.2, -0.15) is 5.06 Å². The summed E-state index contributed by atoms with van der Waals surface area (Å²) in [6.07, 6.45) is 0.863. The number of hydrogen-bond donors (Lipinski definition) is 1. The molecule has 186 valence electrons. The SMILES string of the molecule is COC(=O)c1cccc(N(O)C(=O)c2ccc(C3CCCN3C(=O)OCc3ccccc3)cc2F)c1. The molecule has 1 aliphatic rings. The van der Waals surface area contributed by atoms with Crippen molar-refractivity contribution in [3.05, 3.63) is 101 Å². The highest BCUT2D eigenvalue weighted by atomic mass is 19.1. The van der Waals surface area contributed by atoms with Crippen molar-refractivity contribution in [3.63, 3.8) is 0 Å². The Kier molecular flexibility index (Phi) is 7.60. The summed E-state index contributed by atoms with van der Waals surface area (Å²) in [5, 5.41) is 10.7. The second-order valence-corrected chi connectivity index (χ2v) is 8.29. The van der Waals surface area contributed by atoms with Crippen LogP contribution in [0.2, 0.25) is 0 Å². The number of amides is 2. The van der Waals surface area contributed by atoms with E-state index in [-0.39, 0.29) is 28.5 Å². The van der Waals surface area contributed by atoms with Crippen LogP contribution in [0.1, 0.15) is 50.7 Å². The minimum absolute atomic E-state index is 0.0190. The standard InChI is InChI=1S/C27H25FN2O6/c1-35-26(32)20-9-5-10-21(15-20)30(34)25(31)22-13-12-19(16-23(22)28)24-11-6-14-29(24)27(33)36-17-18-7-3-2-4-8-18/h2-5,7-10,12-13,15-16,24,34H,6,11,14,17H2,1H3. The molecule has 0 aliphatic carbocycles. The van der Waals surface area contributed by atoms with Gasteiger partial charge in [-0.05, 0) is 54.3 Å². The molecule has 3 aromatic rings. The van der Waals surface area contributed by atoms with E-state index in [1.54, 1.807) is 11.0 Å². The zero-order valence-corrected chi connectivity index (χ0v) is 19.6. The first-order valence-corrected chi connectivity index (χ1v) is 11.4. The van der Waals surface area contributed by atoms with Gasteiger partial charge in [0, 0.05) is 6.54 Å². The number of anilines is 1. The molecule has 0 saturated carbocycles. The van der Waals surface area contributed by atoms with Gasteiger partial charge in [-0.25, -0.2) is 14.0 Å². The Bertz CT molecular complexity index is 1270. The predicted molar refractivity (Wildman–Crippen MR) is 128 cm³/mol. The number of carbonyl (C=O) groups excluding carboxylic acids is 3. The Morgan fingerprint density at radius 2 is 1.83 bits per heavy atom. The first kappa shape index (κ1) is 24.9. The van der Waals surface area contributed by atoms with Crippen molar-refractivity contribution in [1.29, 1.82) is 0 Å². The molecule has 1 heterocycles. The zero-order valence-electron chi connectivity index (χ0n) is 19.6. The highest BCUT2D eigenvalue weighted by molar-refractivity contribution is 6.05. The van der Waals surface area contributed by atoms with Crippen LogP contribution in [0.15, 0.2) is 72.8 Å². The Labute approximate surface area is 207 Å². The van der Waals surface area contributed by atoms with Crippen LogP contribution in [0.5, 0.6) is 0 Å². The maximum absolute atomic E-state index is 15.0. The molecule has 0 bridgehead atoms. The van der Waals surface area contributed by atoms with Gasteiger partial charge < -0.3 is 14.4 Å². The van der Waals surface area contributed by atoms with E-state index in [0.717, 1.165) is 12.0 Å². The van der Waals surface area contributed by atoms with Gasteiger partial charge in [0.1, 0.15) is 12.4 Å². The maximum atomic E-state index is 15.0. The van der Waals surface area contributed by atoms with Crippen LogP contribution in [0.4, 0.5) is 14.9 Å². The van der Waals surface area contributed by atoms with Crippen LogP contribution in [-0.2, 0) is 16.1 Å². The van der Waals surface area contributed by atoms with Crippen molar-refractivity contribution in [2.45, 2.75) is 25.5 Å². The number of ether oxygens (including phenoxy) is 2. The Balaban J connectivity index is 1.47. The summed E-state index contributed by atoms with van der Waals surface area (Å²) in [6, 6.07) is 18.5. The number of halogens is 1. The number of benzene rings is 3. The first-order valence-electron chi connectivity index (χ1n) is 11.4. The van der Waals surface area contributed by atoms with Gasteiger partial charge >= 0.3 is 12.1 Å². The fourth-order valence-corrected chi connectivity index (χ4v) is 4.16. The lowest BCUT2D eigenvalue weighted by atomic mass is 10.0. The summed E-state index contributed by atoms with van der Waals surface area (Å²) < 4.78 is 25.1. The Morgan fingerprint density at radius 3 is 2.56 bits per heavy atom. The highest BCUT2D eigenvalue weighted by Crippen LogP contribution is 2.33. The van der Waals surface area contributed by atoms with Crippen molar-refractivity contribution in [3.8, 4) is 0 Å². The third-order valence-electron chi connectivity index (χ3n) is 6.00. The van der Waals surface area contributed by atoms with Gasteiger partial charge in [0.2, 0.25) is 0 Å². The van der Waals surface area contributed by atoms with Crippen LogP contribution in [0.3, 0.4) is 0 Å². The molecule has 1 N–H and O–H groups in total. The molecule has 0 radical (unpaired) electrons. The largest absolute Gasteiger partial charge is 0.465 e. The third-order valence-corrected chi connectivity index (χ3v) is 6.00. The highest BCUT2D eigenvalue weighted by Gasteiger charge is 2.32. The van der Waals surface area contributed by atoms with E-state index in [1.165, 1.54) is 43.5 Å². The Hall–Kier alpha value is -4.24. The molecular formula is C27H25FN2O6. The summed E-state index contributed by atoms with van der Waals surface area (Å²) in [7, 11) is 1.21. The van der Waals surface area contributed by atoms with Crippen LogP contribution in [0, 0.1) is 5.82 Å². The lowest BCUT2D eigenvalue weighted by Gasteiger charge is -2.25. The van der Waals surface area contributed by atoms with E-state index in [0.29, 0.717) is 18.5 Å². The van der Waals surface area contributed by atoms with E-state index in [1.807, 2.05) is 30.3 Å². The molecule has 4 rings (SSSR count). The molecule has 36 heavy (non-hydrogen) atoms. The summed E-state index contributed by atoms with van der Waals surface area (Å²) in [5.74, 6) is -2.49. The summed E-state index contributed by atoms with van der Waals surface area (Å²) in [4.78, 5) is 38.7. The second-order valence-electron chi connectivity index (χ2n) is 8.29. The molecule has 3 aromatic carbocycles. The molecule has 1 aliphatic heterocycles. The van der Waals surface area contributed by atoms with Gasteiger partial charge in [-0.1, -0.05) is 42.5 Å². The van der Waals surface area contributed by atoms with E-state index in [9.17, 15) is 19.6 Å². The van der Waals surface area contributed by atoms with Gasteiger partial charge in [0.05, 0.1) is 30.0 Å². The van der Waals surface area contributed by atoms with Gasteiger partial charge in [-0.15, -0.1) is 0 Å². The maximum Gasteiger partial charge on any atom is 0.410 e. The van der Waals surface area contributed by atoms with Crippen molar-refractivity contribution < 1.29 is 33.5 Å². The molecule has 0 spiro atoms. The lowest BCUT2D eigenvalue weighted by Crippen LogP contribution is -2.31. The average molecular weight is 493 g/mol. The van der Waals surface area contributed by atoms with Gasteiger partial charge in [-0.3, -0.25) is 10.0 Å². The molecule has 8 nitrogen and oxygen atoms in total. The fraction of sp³-hybridized carbons (Fsp3) is 0.222. The van der Waals surface area contributed by atoms with Crippen LogP contribution >= 0.6 is 0 Å². The molecule has 1 saturated heterocycles. The third kappa shape index (κ3) is 5.36. The van der Waals surface area contributed by atoms with Crippen LogP contribution in [0.25, 0.3) is 0 Å². The topological polar surface area (TPSA) is 96.4 Å². The molecular weight excluding hydrogens is 467 g/mol. The quantitative estimate of drug-likeness (QED) is 0.291. The summed E-state index contributed by atoms with van der Waals surface area (Å²) in [6.45, 7) is 0.607. The number of nitrogens with zero attached hydrogens (tertiary/aromatic N) is 2. The van der Waals surface area contributed by atoms with Crippen LogP contribution < -0.4 is 5.06 Å². The van der Waals surface area contributed by atoms with Crippen LogP contribution in [-0.4, -0.2) is 41.7 Å². The molecule has 9 heteroatoms. The monoisotopic (exact) mass is 492 g/mol. The van der Waals surface area contributed by atoms with E-state index in [2.05, 4.69) is 4.74 Å². The normalized spacial score (nSPS) is 14.9. The van der Waals surface area contributed by atoms with Crippen molar-refractivity contribution in [1.82, 2.24) is 4.90 Å². The van der Waals surface area contributed by atoms with Gasteiger partial charge in [0.15, 0.2) is 0 Å². The lowest BCUT2D eigenvalue weighted by molar-refractivity contribution is 0.0600. The van der Waals surface area contributed by atoms with Crippen molar-refractivity contribution in [2.75, 3.05) is 18.7 Å². The molecule has 1 fully saturated rings. The Morgan fingerprint density at radius 1 is 1.06 bits per heavy atom. The number of likely N-dealkylation sites (tertiary alicyclic amines) is 1. The minimum atomic E-state index is -1.01. The van der Waals surface area contributed by atoms with E-state index in [4.69, 9.17) is 4.74 Å². The van der Waals surface area contributed by atoms with E-state index < -0.39 is 29.8 Å². The minimum Gasteiger partial charge on any atom is -0.465 e. The number of methoxy groups -OCH3 is 1. The fourth-order valence-electron chi connectivity index (χ4n) is 4.16. The first-order chi connectivity index (χ1) is 17.4. The second kappa shape index (κ2) is 11.0.